The summed E-state index contributed by atoms with van der Waals surface area (Å²) in [4.78, 5) is 0.0352. The largest absolute Gasteiger partial charge is 0.496 e. The Labute approximate surface area is 139 Å². The van der Waals surface area contributed by atoms with Crippen LogP contribution in [0, 0.1) is 13.8 Å². The van der Waals surface area contributed by atoms with Gasteiger partial charge in [-0.2, -0.15) is 0 Å². The Morgan fingerprint density at radius 3 is 2.14 bits per heavy atom. The minimum absolute atomic E-state index is 0.0352. The summed E-state index contributed by atoms with van der Waals surface area (Å²) in [5.74, 6) is 1.71. The van der Waals surface area contributed by atoms with Crippen molar-refractivity contribution >= 4 is 27.5 Å². The lowest BCUT2D eigenvalue weighted by Crippen LogP contribution is -2.00. The van der Waals surface area contributed by atoms with E-state index in [4.69, 9.17) is 21.1 Å². The molecule has 2 aromatic carbocycles. The molecule has 0 bridgehead atoms. The predicted octanol–water partition coefficient (Wildman–Crippen LogP) is 5.46. The van der Waals surface area contributed by atoms with Gasteiger partial charge in [-0.3, -0.25) is 0 Å². The first-order valence-corrected chi connectivity index (χ1v) is 7.90. The number of methoxy groups -OCH3 is 2. The quantitative estimate of drug-likeness (QED) is 0.666. The van der Waals surface area contributed by atoms with Crippen LogP contribution in [0.5, 0.6) is 11.5 Å². The fraction of sp³-hybridized carbons (Fsp3) is 0.294. The van der Waals surface area contributed by atoms with Gasteiger partial charge in [0.25, 0.3) is 0 Å². The van der Waals surface area contributed by atoms with E-state index in [1.54, 1.807) is 14.2 Å². The van der Waals surface area contributed by atoms with Gasteiger partial charge in [0.2, 0.25) is 0 Å². The van der Waals surface area contributed by atoms with Crippen molar-refractivity contribution in [2.45, 2.75) is 18.7 Å². The van der Waals surface area contributed by atoms with Crippen molar-refractivity contribution in [2.75, 3.05) is 14.2 Å². The molecular formula is C17H18BrClO2. The number of halogens is 2. The van der Waals surface area contributed by atoms with Crippen LogP contribution in [-0.2, 0) is 0 Å². The minimum Gasteiger partial charge on any atom is -0.496 e. The van der Waals surface area contributed by atoms with Gasteiger partial charge in [-0.05, 0) is 42.7 Å². The summed E-state index contributed by atoms with van der Waals surface area (Å²) in [6, 6.07) is 9.93. The van der Waals surface area contributed by atoms with Crippen LogP contribution < -0.4 is 9.47 Å². The molecule has 1 unspecified atom stereocenters. The van der Waals surface area contributed by atoms with Crippen LogP contribution in [-0.4, -0.2) is 14.2 Å². The van der Waals surface area contributed by atoms with E-state index in [1.165, 1.54) is 0 Å². The molecule has 0 radical (unpaired) electrons. The zero-order chi connectivity index (χ0) is 15.6. The van der Waals surface area contributed by atoms with Crippen LogP contribution in [0.25, 0.3) is 0 Å². The predicted molar refractivity (Wildman–Crippen MR) is 91.2 cm³/mol. The maximum absolute atomic E-state index is 6.02. The first-order valence-electron chi connectivity index (χ1n) is 6.60. The normalized spacial score (nSPS) is 12.1. The second kappa shape index (κ2) is 6.71. The van der Waals surface area contributed by atoms with E-state index in [-0.39, 0.29) is 4.83 Å². The van der Waals surface area contributed by atoms with Gasteiger partial charge in [0.15, 0.2) is 0 Å². The number of hydrogen-bond acceptors (Lipinski definition) is 2. The highest BCUT2D eigenvalue weighted by Gasteiger charge is 2.17. The Morgan fingerprint density at radius 2 is 1.62 bits per heavy atom. The minimum atomic E-state index is 0.0352. The first kappa shape index (κ1) is 16.2. The lowest BCUT2D eigenvalue weighted by Gasteiger charge is -2.18. The van der Waals surface area contributed by atoms with E-state index in [0.717, 1.165) is 33.8 Å². The molecular weight excluding hydrogens is 352 g/mol. The number of benzene rings is 2. The van der Waals surface area contributed by atoms with E-state index in [2.05, 4.69) is 28.1 Å². The summed E-state index contributed by atoms with van der Waals surface area (Å²) in [7, 11) is 3.35. The highest BCUT2D eigenvalue weighted by atomic mass is 79.9. The molecule has 112 valence electrons. The summed E-state index contributed by atoms with van der Waals surface area (Å²) in [6.07, 6.45) is 0. The molecule has 0 saturated heterocycles. The van der Waals surface area contributed by atoms with Crippen LogP contribution >= 0.6 is 27.5 Å². The summed E-state index contributed by atoms with van der Waals surface area (Å²) in [6.45, 7) is 4.10. The zero-order valence-corrected chi connectivity index (χ0v) is 14.9. The van der Waals surface area contributed by atoms with Crippen molar-refractivity contribution in [3.05, 3.63) is 57.6 Å². The molecule has 2 nitrogen and oxygen atoms in total. The second-order valence-electron chi connectivity index (χ2n) is 4.94. The summed E-state index contributed by atoms with van der Waals surface area (Å²) in [5, 5.41) is 0.664. The van der Waals surface area contributed by atoms with Crippen LogP contribution in [0.3, 0.4) is 0 Å². The van der Waals surface area contributed by atoms with Crippen molar-refractivity contribution < 1.29 is 9.47 Å². The van der Waals surface area contributed by atoms with E-state index in [0.29, 0.717) is 5.02 Å². The van der Waals surface area contributed by atoms with Crippen molar-refractivity contribution in [1.82, 2.24) is 0 Å². The molecule has 0 aliphatic carbocycles. The molecule has 0 amide bonds. The van der Waals surface area contributed by atoms with Gasteiger partial charge in [0.05, 0.1) is 19.0 Å². The monoisotopic (exact) mass is 368 g/mol. The van der Waals surface area contributed by atoms with Gasteiger partial charge >= 0.3 is 0 Å². The molecule has 0 fully saturated rings. The Kier molecular flexibility index (Phi) is 5.17. The van der Waals surface area contributed by atoms with Crippen LogP contribution in [0.4, 0.5) is 0 Å². The smallest absolute Gasteiger partial charge is 0.125 e. The lowest BCUT2D eigenvalue weighted by atomic mass is 9.99. The van der Waals surface area contributed by atoms with Gasteiger partial charge < -0.3 is 9.47 Å². The highest BCUT2D eigenvalue weighted by molar-refractivity contribution is 9.09. The summed E-state index contributed by atoms with van der Waals surface area (Å²) in [5.41, 5.74) is 4.44. The third-order valence-electron chi connectivity index (χ3n) is 3.45. The molecule has 0 aromatic heterocycles. The van der Waals surface area contributed by atoms with Crippen LogP contribution in [0.2, 0.25) is 5.02 Å². The molecule has 0 N–H and O–H groups in total. The van der Waals surface area contributed by atoms with Gasteiger partial charge in [0, 0.05) is 10.6 Å². The highest BCUT2D eigenvalue weighted by Crippen LogP contribution is 2.39. The topological polar surface area (TPSA) is 18.5 Å². The number of rotatable bonds is 4. The number of hydrogen-bond donors (Lipinski definition) is 0. The number of aryl methyl sites for hydroxylation is 2. The zero-order valence-electron chi connectivity index (χ0n) is 12.5. The summed E-state index contributed by atoms with van der Waals surface area (Å²) < 4.78 is 10.9. The van der Waals surface area contributed by atoms with Gasteiger partial charge in [0.1, 0.15) is 11.5 Å². The molecule has 4 heteroatoms. The van der Waals surface area contributed by atoms with E-state index in [9.17, 15) is 0 Å². The first-order chi connectivity index (χ1) is 9.97. The fourth-order valence-corrected chi connectivity index (χ4v) is 3.33. The molecule has 21 heavy (non-hydrogen) atoms. The number of alkyl halides is 1. The maximum atomic E-state index is 6.02. The maximum Gasteiger partial charge on any atom is 0.125 e. The van der Waals surface area contributed by atoms with Crippen molar-refractivity contribution in [2.24, 2.45) is 0 Å². The van der Waals surface area contributed by atoms with Crippen LogP contribution in [0.1, 0.15) is 27.1 Å². The van der Waals surface area contributed by atoms with Crippen molar-refractivity contribution in [1.29, 1.82) is 0 Å². The lowest BCUT2D eigenvalue weighted by molar-refractivity contribution is 0.408. The molecule has 0 aliphatic rings. The molecule has 2 rings (SSSR count). The molecule has 1 atom stereocenters. The third-order valence-corrected chi connectivity index (χ3v) is 4.71. The van der Waals surface area contributed by atoms with E-state index < -0.39 is 0 Å². The van der Waals surface area contributed by atoms with Crippen molar-refractivity contribution in [3.63, 3.8) is 0 Å². The standard InChI is InChI=1S/C17H18BrClO2/c1-10-7-12(8-11(2)17(10)21-4)16(18)14-6-5-13(19)9-15(14)20-3/h5-9,16H,1-4H3. The Balaban J connectivity index is 2.47. The average Bonchev–Trinajstić information content (AvgIpc) is 2.46. The molecule has 0 spiro atoms. The second-order valence-corrected chi connectivity index (χ2v) is 6.29. The van der Waals surface area contributed by atoms with Gasteiger partial charge in [-0.1, -0.05) is 45.7 Å². The SMILES string of the molecule is COc1cc(Cl)ccc1C(Br)c1cc(C)c(OC)c(C)c1. The Hall–Kier alpha value is -1.19. The molecule has 0 saturated carbocycles. The van der Waals surface area contributed by atoms with E-state index in [1.807, 2.05) is 32.0 Å². The Morgan fingerprint density at radius 1 is 1.00 bits per heavy atom. The third kappa shape index (κ3) is 3.35. The Bertz CT molecular complexity index is 632. The fourth-order valence-electron chi connectivity index (χ4n) is 2.53. The number of ether oxygens (including phenoxy) is 2. The van der Waals surface area contributed by atoms with Crippen molar-refractivity contribution in [3.8, 4) is 11.5 Å². The average molecular weight is 370 g/mol. The van der Waals surface area contributed by atoms with E-state index >= 15 is 0 Å². The molecule has 2 aromatic rings. The molecule has 0 aliphatic heterocycles. The van der Waals surface area contributed by atoms with Gasteiger partial charge in [-0.25, -0.2) is 0 Å². The summed E-state index contributed by atoms with van der Waals surface area (Å²) >= 11 is 9.79. The van der Waals surface area contributed by atoms with Gasteiger partial charge in [-0.15, -0.1) is 0 Å². The molecule has 0 heterocycles. The van der Waals surface area contributed by atoms with Crippen LogP contribution in [0.15, 0.2) is 30.3 Å².